The fraction of sp³-hybridized carbons (Fsp3) is 1.00. The van der Waals surface area contributed by atoms with Crippen molar-refractivity contribution in [2.45, 2.75) is 95.1 Å². The summed E-state index contributed by atoms with van der Waals surface area (Å²) in [5.41, 5.74) is -5.77. The van der Waals surface area contributed by atoms with E-state index in [9.17, 15) is 43.9 Å². The molecule has 0 atom stereocenters. The molecule has 0 heterocycles. The van der Waals surface area contributed by atoms with Gasteiger partial charge in [-0.15, -0.1) is 0 Å². The van der Waals surface area contributed by atoms with Gasteiger partial charge in [0.05, 0.1) is 25.7 Å². The zero-order valence-corrected chi connectivity index (χ0v) is 18.3. The quantitative estimate of drug-likeness (QED) is 0.155. The maximum absolute atomic E-state index is 15.2. The smallest absolute Gasteiger partial charge is 0.203 e. The molecule has 0 rings (SSSR count). The molecular formula is C18H28F12P+. The molecule has 0 spiro atoms. The molecule has 0 bridgehead atoms. The highest BCUT2D eigenvalue weighted by atomic mass is 31.2. The Bertz CT molecular complexity index is 526. The monoisotopic (exact) mass is 503 g/mol. The van der Waals surface area contributed by atoms with Crippen LogP contribution in [0.3, 0.4) is 0 Å². The molecule has 31 heavy (non-hydrogen) atoms. The van der Waals surface area contributed by atoms with Gasteiger partial charge in [0, 0.05) is 0 Å². The molecule has 0 aliphatic rings. The highest BCUT2D eigenvalue weighted by Crippen LogP contribution is 2.78. The minimum absolute atomic E-state index is 0.0952. The van der Waals surface area contributed by atoms with Crippen LogP contribution >= 0.6 is 7.26 Å². The maximum Gasteiger partial charge on any atom is 0.421 e. The standard InChI is InChI=1S/C18H28F12P/c1-4-7-10-31(11-8-5-2,12-9-6-3)18(29,30)17(27,28)16(25,26)15(23,24)14(21,22)13(19)20/h13H,4-12H2,1-3H3/q+1. The minimum atomic E-state index is -7.43. The number of hydrogen-bond acceptors (Lipinski definition) is 0. The lowest BCUT2D eigenvalue weighted by atomic mass is 9.99. The minimum Gasteiger partial charge on any atom is -0.203 e. The summed E-state index contributed by atoms with van der Waals surface area (Å²) >= 11 is 0. The molecule has 0 saturated carbocycles. The molecule has 0 radical (unpaired) electrons. The Kier molecular flexibility index (Phi) is 10.5. The number of halogens is 12. The van der Waals surface area contributed by atoms with E-state index in [0.717, 1.165) is 0 Å². The van der Waals surface area contributed by atoms with Gasteiger partial charge in [0.1, 0.15) is 0 Å². The van der Waals surface area contributed by atoms with Crippen LogP contribution < -0.4 is 0 Å². The topological polar surface area (TPSA) is 0 Å². The highest BCUT2D eigenvalue weighted by Gasteiger charge is 2.92. The predicted octanol–water partition coefficient (Wildman–Crippen LogP) is 8.80. The second kappa shape index (κ2) is 10.7. The summed E-state index contributed by atoms with van der Waals surface area (Å²) in [7, 11) is -4.44. The zero-order valence-electron chi connectivity index (χ0n) is 17.4. The average molecular weight is 503 g/mol. The third-order valence-electron chi connectivity index (χ3n) is 5.27. The first kappa shape index (κ1) is 30.6. The SMILES string of the molecule is CCCC[P+](CCCC)(CCCC)C(F)(F)C(F)(F)C(F)(F)C(F)(F)C(F)(F)C(F)F. The van der Waals surface area contributed by atoms with Crippen molar-refractivity contribution in [3.8, 4) is 0 Å². The Morgan fingerprint density at radius 1 is 0.548 bits per heavy atom. The number of hydrogen-bond donors (Lipinski definition) is 0. The summed E-state index contributed by atoms with van der Waals surface area (Å²) in [4.78, 5) is 0. The van der Waals surface area contributed by atoms with Crippen LogP contribution in [0, 0.1) is 0 Å². The van der Waals surface area contributed by atoms with Gasteiger partial charge in [0.2, 0.25) is 0 Å². The van der Waals surface area contributed by atoms with Crippen molar-refractivity contribution in [3.63, 3.8) is 0 Å². The van der Waals surface area contributed by atoms with Crippen molar-refractivity contribution >= 4 is 7.26 Å². The Hall–Kier alpha value is -0.410. The van der Waals surface area contributed by atoms with Gasteiger partial charge in [0.25, 0.3) is 0 Å². The summed E-state index contributed by atoms with van der Waals surface area (Å²) in [6.07, 6.45) is -7.06. The van der Waals surface area contributed by atoms with E-state index in [1.54, 1.807) is 0 Å². The lowest BCUT2D eigenvalue weighted by Crippen LogP contribution is -2.69. The Morgan fingerprint density at radius 2 is 0.871 bits per heavy atom. The molecule has 188 valence electrons. The van der Waals surface area contributed by atoms with Crippen molar-refractivity contribution in [3.05, 3.63) is 0 Å². The molecule has 0 saturated heterocycles. The van der Waals surface area contributed by atoms with E-state index < -0.39 is 61.5 Å². The van der Waals surface area contributed by atoms with Gasteiger partial charge < -0.3 is 0 Å². The first-order valence-electron chi connectivity index (χ1n) is 9.91. The fourth-order valence-corrected chi connectivity index (χ4v) is 8.18. The van der Waals surface area contributed by atoms with E-state index in [0.29, 0.717) is 0 Å². The molecule has 0 aliphatic carbocycles. The van der Waals surface area contributed by atoms with Gasteiger partial charge in [0.15, 0.2) is 0 Å². The molecule has 0 aliphatic heterocycles. The van der Waals surface area contributed by atoms with Gasteiger partial charge in [-0.3, -0.25) is 0 Å². The van der Waals surface area contributed by atoms with Crippen molar-refractivity contribution in [2.24, 2.45) is 0 Å². The Morgan fingerprint density at radius 3 is 1.13 bits per heavy atom. The van der Waals surface area contributed by atoms with Gasteiger partial charge in [-0.2, -0.15) is 43.9 Å². The average Bonchev–Trinajstić information content (AvgIpc) is 2.66. The van der Waals surface area contributed by atoms with E-state index in [-0.39, 0.29) is 38.5 Å². The third-order valence-corrected chi connectivity index (χ3v) is 10.3. The lowest BCUT2D eigenvalue weighted by molar-refractivity contribution is -0.402. The Labute approximate surface area is 174 Å². The first-order chi connectivity index (χ1) is 13.9. The van der Waals surface area contributed by atoms with Crippen LogP contribution in [0.4, 0.5) is 52.7 Å². The Balaban J connectivity index is 6.71. The zero-order chi connectivity index (χ0) is 24.9. The second-order valence-electron chi connectivity index (χ2n) is 7.56. The normalized spacial score (nSPS) is 15.1. The molecule has 0 aromatic heterocycles. The molecule has 0 nitrogen and oxygen atoms in total. The van der Waals surface area contributed by atoms with Crippen LogP contribution in [-0.2, 0) is 0 Å². The van der Waals surface area contributed by atoms with Crippen molar-refractivity contribution in [1.82, 2.24) is 0 Å². The molecule has 0 unspecified atom stereocenters. The van der Waals surface area contributed by atoms with Crippen LogP contribution in [0.15, 0.2) is 0 Å². The summed E-state index contributed by atoms with van der Waals surface area (Å²) in [6, 6.07) is 0. The van der Waals surface area contributed by atoms with Crippen LogP contribution in [0.1, 0.15) is 59.3 Å². The van der Waals surface area contributed by atoms with Gasteiger partial charge in [-0.1, -0.05) is 40.0 Å². The predicted molar refractivity (Wildman–Crippen MR) is 97.0 cm³/mol. The van der Waals surface area contributed by atoms with Crippen LogP contribution in [0.2, 0.25) is 0 Å². The van der Waals surface area contributed by atoms with Crippen molar-refractivity contribution < 1.29 is 52.7 Å². The largest absolute Gasteiger partial charge is 0.421 e. The summed E-state index contributed by atoms with van der Waals surface area (Å²) in [6.45, 7) is 4.53. The van der Waals surface area contributed by atoms with Crippen LogP contribution in [-0.4, -0.2) is 54.3 Å². The van der Waals surface area contributed by atoms with E-state index in [1.165, 1.54) is 20.8 Å². The maximum atomic E-state index is 15.2. The molecule has 0 fully saturated rings. The third kappa shape index (κ3) is 5.24. The van der Waals surface area contributed by atoms with E-state index in [4.69, 9.17) is 0 Å². The molecule has 13 heteroatoms. The molecule has 0 N–H and O–H groups in total. The lowest BCUT2D eigenvalue weighted by Gasteiger charge is -2.43. The van der Waals surface area contributed by atoms with Gasteiger partial charge >= 0.3 is 35.8 Å². The molecule has 0 amide bonds. The van der Waals surface area contributed by atoms with Crippen LogP contribution in [0.5, 0.6) is 0 Å². The summed E-state index contributed by atoms with van der Waals surface area (Å²) in [5.74, 6) is -28.8. The van der Waals surface area contributed by atoms with Crippen molar-refractivity contribution in [2.75, 3.05) is 18.5 Å². The van der Waals surface area contributed by atoms with Gasteiger partial charge in [-0.25, -0.2) is 8.78 Å². The van der Waals surface area contributed by atoms with E-state index in [2.05, 4.69) is 0 Å². The van der Waals surface area contributed by atoms with Crippen LogP contribution in [0.25, 0.3) is 0 Å². The molecular weight excluding hydrogens is 475 g/mol. The highest BCUT2D eigenvalue weighted by molar-refractivity contribution is 7.77. The van der Waals surface area contributed by atoms with Crippen molar-refractivity contribution in [1.29, 1.82) is 0 Å². The molecule has 0 aromatic rings. The summed E-state index contributed by atoms with van der Waals surface area (Å²) < 4.78 is 165. The summed E-state index contributed by atoms with van der Waals surface area (Å²) in [5, 5.41) is 0. The number of alkyl halides is 12. The van der Waals surface area contributed by atoms with Gasteiger partial charge in [-0.05, 0) is 19.3 Å². The van der Waals surface area contributed by atoms with E-state index in [1.807, 2.05) is 0 Å². The number of unbranched alkanes of at least 4 members (excludes halogenated alkanes) is 3. The second-order valence-corrected chi connectivity index (χ2v) is 11.8. The van der Waals surface area contributed by atoms with E-state index >= 15 is 8.78 Å². The molecule has 0 aromatic carbocycles. The number of rotatable bonds is 15. The first-order valence-corrected chi connectivity index (χ1v) is 12.3. The fourth-order valence-electron chi connectivity index (χ4n) is 3.17.